The van der Waals surface area contributed by atoms with Gasteiger partial charge in [-0.3, -0.25) is 9.69 Å². The van der Waals surface area contributed by atoms with Crippen LogP contribution >= 0.6 is 24.0 Å². The number of thioether (sulfide) groups is 1. The molecule has 0 bridgehead atoms. The van der Waals surface area contributed by atoms with Gasteiger partial charge in [0.15, 0.2) is 15.8 Å². The van der Waals surface area contributed by atoms with E-state index in [4.69, 9.17) is 21.7 Å². The normalized spacial score (nSPS) is 15.3. The first kappa shape index (κ1) is 20.4. The summed E-state index contributed by atoms with van der Waals surface area (Å²) >= 11 is 6.87. The number of amides is 1. The molecule has 4 nitrogen and oxygen atoms in total. The van der Waals surface area contributed by atoms with E-state index in [-0.39, 0.29) is 5.91 Å². The Kier molecular flexibility index (Phi) is 6.06. The van der Waals surface area contributed by atoms with Gasteiger partial charge < -0.3 is 9.47 Å². The summed E-state index contributed by atoms with van der Waals surface area (Å²) in [6, 6.07) is 19.6. The third-order valence-electron chi connectivity index (χ3n) is 4.67. The highest BCUT2D eigenvalue weighted by atomic mass is 32.2. The SMILES string of the molecule is CCOc1ccc(/C=C2\SC(=S)N(c3cccc4ccccc34)C2=O)cc1OCC. The predicted molar refractivity (Wildman–Crippen MR) is 128 cm³/mol. The molecular formula is C24H21NO3S2. The lowest BCUT2D eigenvalue weighted by Gasteiger charge is -2.17. The average Bonchev–Trinajstić information content (AvgIpc) is 3.02. The second-order valence-electron chi connectivity index (χ2n) is 6.59. The van der Waals surface area contributed by atoms with Crippen molar-refractivity contribution in [2.45, 2.75) is 13.8 Å². The molecule has 0 spiro atoms. The van der Waals surface area contributed by atoms with Crippen molar-refractivity contribution in [2.24, 2.45) is 0 Å². The first-order chi connectivity index (χ1) is 14.6. The van der Waals surface area contributed by atoms with E-state index < -0.39 is 0 Å². The van der Waals surface area contributed by atoms with E-state index in [1.807, 2.05) is 80.6 Å². The number of thiocarbonyl (C=S) groups is 1. The second-order valence-corrected chi connectivity index (χ2v) is 8.26. The summed E-state index contributed by atoms with van der Waals surface area (Å²) in [5.41, 5.74) is 1.67. The molecule has 3 aromatic rings. The minimum atomic E-state index is -0.117. The van der Waals surface area contributed by atoms with Crippen LogP contribution in [0.2, 0.25) is 0 Å². The summed E-state index contributed by atoms with van der Waals surface area (Å²) in [6.45, 7) is 4.95. The summed E-state index contributed by atoms with van der Waals surface area (Å²) in [4.78, 5) is 15.4. The predicted octanol–water partition coefficient (Wildman–Crippen LogP) is 6.04. The Morgan fingerprint density at radius 3 is 2.50 bits per heavy atom. The summed E-state index contributed by atoms with van der Waals surface area (Å²) in [5, 5.41) is 2.07. The fourth-order valence-electron chi connectivity index (χ4n) is 3.39. The van der Waals surface area contributed by atoms with Crippen LogP contribution in [0.1, 0.15) is 19.4 Å². The molecule has 0 atom stereocenters. The third-order valence-corrected chi connectivity index (χ3v) is 5.97. The van der Waals surface area contributed by atoms with Gasteiger partial charge in [0, 0.05) is 5.39 Å². The van der Waals surface area contributed by atoms with Gasteiger partial charge in [-0.05, 0) is 49.1 Å². The molecule has 1 aliphatic rings. The zero-order chi connectivity index (χ0) is 21.1. The third kappa shape index (κ3) is 3.93. The number of carbonyl (C=O) groups is 1. The van der Waals surface area contributed by atoms with Crippen molar-refractivity contribution in [2.75, 3.05) is 18.1 Å². The van der Waals surface area contributed by atoms with Crippen LogP contribution in [0.5, 0.6) is 11.5 Å². The van der Waals surface area contributed by atoms with Crippen molar-refractivity contribution < 1.29 is 14.3 Å². The Morgan fingerprint density at radius 2 is 1.70 bits per heavy atom. The molecule has 0 radical (unpaired) electrons. The van der Waals surface area contributed by atoms with Gasteiger partial charge in [0.2, 0.25) is 0 Å². The molecule has 0 N–H and O–H groups in total. The van der Waals surface area contributed by atoms with Crippen molar-refractivity contribution in [3.8, 4) is 11.5 Å². The number of rotatable bonds is 6. The van der Waals surface area contributed by atoms with Crippen LogP contribution in [0, 0.1) is 0 Å². The van der Waals surface area contributed by atoms with Crippen LogP contribution in [0.3, 0.4) is 0 Å². The van der Waals surface area contributed by atoms with Crippen LogP contribution in [-0.2, 0) is 4.79 Å². The minimum Gasteiger partial charge on any atom is -0.490 e. The zero-order valence-corrected chi connectivity index (χ0v) is 18.4. The number of nitrogens with zero attached hydrogens (tertiary/aromatic N) is 1. The second kappa shape index (κ2) is 8.90. The molecule has 1 fully saturated rings. The maximum absolute atomic E-state index is 13.2. The largest absolute Gasteiger partial charge is 0.490 e. The van der Waals surface area contributed by atoms with E-state index >= 15 is 0 Å². The van der Waals surface area contributed by atoms with Gasteiger partial charge in [0.05, 0.1) is 23.8 Å². The van der Waals surface area contributed by atoms with Crippen molar-refractivity contribution in [1.82, 2.24) is 0 Å². The first-order valence-electron chi connectivity index (χ1n) is 9.77. The molecule has 152 valence electrons. The maximum atomic E-state index is 13.2. The van der Waals surface area contributed by atoms with Gasteiger partial charge in [0.25, 0.3) is 5.91 Å². The van der Waals surface area contributed by atoms with E-state index in [0.717, 1.165) is 22.0 Å². The van der Waals surface area contributed by atoms with Gasteiger partial charge in [-0.25, -0.2) is 0 Å². The summed E-state index contributed by atoms with van der Waals surface area (Å²) in [6.07, 6.45) is 1.85. The molecule has 1 aliphatic heterocycles. The van der Waals surface area contributed by atoms with E-state index in [9.17, 15) is 4.79 Å². The standard InChI is InChI=1S/C24H21NO3S2/c1-3-27-20-13-12-16(14-21(20)28-4-2)15-22-23(26)25(24(29)30-22)19-11-7-9-17-8-5-6-10-18(17)19/h5-15H,3-4H2,1-2H3/b22-15-. The summed E-state index contributed by atoms with van der Waals surface area (Å²) in [5.74, 6) is 1.24. The lowest BCUT2D eigenvalue weighted by Crippen LogP contribution is -2.27. The van der Waals surface area contributed by atoms with Crippen molar-refractivity contribution in [3.05, 3.63) is 71.1 Å². The molecule has 0 saturated carbocycles. The number of hydrogen-bond acceptors (Lipinski definition) is 5. The van der Waals surface area contributed by atoms with Crippen LogP contribution in [0.25, 0.3) is 16.8 Å². The van der Waals surface area contributed by atoms with Crippen molar-refractivity contribution in [1.29, 1.82) is 0 Å². The fourth-order valence-corrected chi connectivity index (χ4v) is 4.67. The van der Waals surface area contributed by atoms with Gasteiger partial charge in [-0.1, -0.05) is 66.4 Å². The van der Waals surface area contributed by atoms with Gasteiger partial charge in [-0.15, -0.1) is 0 Å². The maximum Gasteiger partial charge on any atom is 0.270 e. The highest BCUT2D eigenvalue weighted by molar-refractivity contribution is 8.27. The minimum absolute atomic E-state index is 0.117. The molecule has 0 unspecified atom stereocenters. The molecule has 0 aromatic heterocycles. The molecule has 4 rings (SSSR count). The van der Waals surface area contributed by atoms with Gasteiger partial charge >= 0.3 is 0 Å². The Labute approximate surface area is 185 Å². The summed E-state index contributed by atoms with van der Waals surface area (Å²) < 4.78 is 11.8. The monoisotopic (exact) mass is 435 g/mol. The Hall–Kier alpha value is -2.83. The number of hydrogen-bond donors (Lipinski definition) is 0. The summed E-state index contributed by atoms with van der Waals surface area (Å²) in [7, 11) is 0. The van der Waals surface area contributed by atoms with Gasteiger partial charge in [-0.2, -0.15) is 0 Å². The average molecular weight is 436 g/mol. The smallest absolute Gasteiger partial charge is 0.270 e. The van der Waals surface area contributed by atoms with Crippen LogP contribution in [0.15, 0.2) is 65.6 Å². The van der Waals surface area contributed by atoms with E-state index in [0.29, 0.717) is 33.9 Å². The Morgan fingerprint density at radius 1 is 0.967 bits per heavy atom. The first-order valence-corrected chi connectivity index (χ1v) is 11.0. The molecule has 6 heteroatoms. The van der Waals surface area contributed by atoms with E-state index in [1.54, 1.807) is 4.90 Å². The fraction of sp³-hybridized carbons (Fsp3) is 0.167. The molecule has 1 heterocycles. The van der Waals surface area contributed by atoms with Gasteiger partial charge in [0.1, 0.15) is 0 Å². The molecular weight excluding hydrogens is 414 g/mol. The topological polar surface area (TPSA) is 38.8 Å². The molecule has 1 saturated heterocycles. The molecule has 3 aromatic carbocycles. The number of anilines is 1. The number of carbonyl (C=O) groups excluding carboxylic acids is 1. The highest BCUT2D eigenvalue weighted by Crippen LogP contribution is 2.39. The Bertz CT molecular complexity index is 1150. The zero-order valence-electron chi connectivity index (χ0n) is 16.8. The van der Waals surface area contributed by atoms with Crippen LogP contribution < -0.4 is 14.4 Å². The quantitative estimate of drug-likeness (QED) is 0.348. The van der Waals surface area contributed by atoms with Crippen LogP contribution in [-0.4, -0.2) is 23.4 Å². The molecule has 0 aliphatic carbocycles. The van der Waals surface area contributed by atoms with E-state index in [1.165, 1.54) is 11.8 Å². The molecule has 1 amide bonds. The number of benzene rings is 3. The Balaban J connectivity index is 1.69. The van der Waals surface area contributed by atoms with Crippen molar-refractivity contribution in [3.63, 3.8) is 0 Å². The van der Waals surface area contributed by atoms with Crippen LogP contribution in [0.4, 0.5) is 5.69 Å². The lowest BCUT2D eigenvalue weighted by atomic mass is 10.1. The number of ether oxygens (including phenoxy) is 2. The number of fused-ring (bicyclic) bond motifs is 1. The molecule has 30 heavy (non-hydrogen) atoms. The highest BCUT2D eigenvalue weighted by Gasteiger charge is 2.34. The lowest BCUT2D eigenvalue weighted by molar-refractivity contribution is -0.113. The van der Waals surface area contributed by atoms with Crippen molar-refractivity contribution >= 4 is 56.7 Å². The van der Waals surface area contributed by atoms with E-state index in [2.05, 4.69) is 0 Å².